The van der Waals surface area contributed by atoms with E-state index in [0.717, 1.165) is 0 Å². The fraction of sp³-hybridized carbons (Fsp3) is 0.0909. The Morgan fingerprint density at radius 3 is 2.75 bits per heavy atom. The zero-order valence-corrected chi connectivity index (χ0v) is 12.4. The van der Waals surface area contributed by atoms with E-state index in [9.17, 15) is 13.2 Å². The van der Waals surface area contributed by atoms with Crippen molar-refractivity contribution in [2.45, 2.75) is 11.4 Å². The van der Waals surface area contributed by atoms with Crippen molar-refractivity contribution < 1.29 is 18.3 Å². The topological polar surface area (TPSA) is 112 Å². The van der Waals surface area contributed by atoms with Gasteiger partial charge in [-0.2, -0.15) is 0 Å². The normalized spacial score (nSPS) is 11.4. The number of aromatic carboxylic acids is 1. The molecular formula is C11H10BrN3O4S. The molecule has 0 aliphatic rings. The molecule has 0 aliphatic heterocycles. The number of imidazole rings is 1. The molecule has 106 valence electrons. The first-order valence-corrected chi connectivity index (χ1v) is 7.67. The lowest BCUT2D eigenvalue weighted by molar-refractivity contribution is 0.0696. The van der Waals surface area contributed by atoms with E-state index in [-0.39, 0.29) is 21.5 Å². The van der Waals surface area contributed by atoms with Crippen molar-refractivity contribution in [2.24, 2.45) is 0 Å². The summed E-state index contributed by atoms with van der Waals surface area (Å²) in [6.07, 6.45) is 2.95. The van der Waals surface area contributed by atoms with E-state index >= 15 is 0 Å². The fourth-order valence-corrected chi connectivity index (χ4v) is 3.57. The summed E-state index contributed by atoms with van der Waals surface area (Å²) in [7, 11) is -3.75. The van der Waals surface area contributed by atoms with Gasteiger partial charge in [-0.1, -0.05) is 0 Å². The molecule has 0 aliphatic carbocycles. The van der Waals surface area contributed by atoms with Gasteiger partial charge < -0.3 is 10.1 Å². The van der Waals surface area contributed by atoms with Crippen LogP contribution in [0.4, 0.5) is 0 Å². The molecule has 2 aromatic rings. The standard InChI is InChI=1S/C11H10BrN3O4S/c12-9-3-7(11(16)17)1-2-10(9)20(18,19)15-5-8-4-13-6-14-8/h1-4,6,15H,5H2,(H,13,14)(H,16,17). The van der Waals surface area contributed by atoms with Gasteiger partial charge in [-0.3, -0.25) is 0 Å². The number of rotatable bonds is 5. The van der Waals surface area contributed by atoms with Crippen LogP contribution in [0, 0.1) is 0 Å². The summed E-state index contributed by atoms with van der Waals surface area (Å²) in [6, 6.07) is 3.72. The molecule has 1 aromatic carbocycles. The SMILES string of the molecule is O=C(O)c1ccc(S(=O)(=O)NCc2cnc[nH]2)c(Br)c1. The van der Waals surface area contributed by atoms with E-state index in [4.69, 9.17) is 5.11 Å². The highest BCUT2D eigenvalue weighted by Gasteiger charge is 2.19. The third-order valence-electron chi connectivity index (χ3n) is 2.48. The van der Waals surface area contributed by atoms with E-state index < -0.39 is 16.0 Å². The van der Waals surface area contributed by atoms with E-state index in [1.807, 2.05) is 0 Å². The van der Waals surface area contributed by atoms with E-state index in [2.05, 4.69) is 30.6 Å². The first-order valence-electron chi connectivity index (χ1n) is 5.40. The Kier molecular flexibility index (Phi) is 4.21. The number of benzene rings is 1. The number of halogens is 1. The third kappa shape index (κ3) is 3.24. The lowest BCUT2D eigenvalue weighted by Gasteiger charge is -2.08. The average molecular weight is 360 g/mol. The van der Waals surface area contributed by atoms with Crippen molar-refractivity contribution in [2.75, 3.05) is 0 Å². The van der Waals surface area contributed by atoms with Gasteiger partial charge in [0.2, 0.25) is 10.0 Å². The number of H-pyrrole nitrogens is 1. The van der Waals surface area contributed by atoms with Crippen LogP contribution in [0.3, 0.4) is 0 Å². The van der Waals surface area contributed by atoms with Crippen molar-refractivity contribution in [1.29, 1.82) is 0 Å². The van der Waals surface area contributed by atoms with Gasteiger partial charge in [0.1, 0.15) is 0 Å². The van der Waals surface area contributed by atoms with Crippen LogP contribution in [0.1, 0.15) is 16.1 Å². The molecule has 0 atom stereocenters. The minimum Gasteiger partial charge on any atom is -0.478 e. The first kappa shape index (κ1) is 14.7. The van der Waals surface area contributed by atoms with Gasteiger partial charge in [-0.25, -0.2) is 22.9 Å². The summed E-state index contributed by atoms with van der Waals surface area (Å²) in [6.45, 7) is 0.0649. The molecule has 0 unspecified atom stereocenters. The second kappa shape index (κ2) is 5.73. The predicted molar refractivity (Wildman–Crippen MR) is 73.7 cm³/mol. The first-order chi connectivity index (χ1) is 9.40. The number of carboxylic acids is 1. The quantitative estimate of drug-likeness (QED) is 0.745. The van der Waals surface area contributed by atoms with Crippen LogP contribution in [0.25, 0.3) is 0 Å². The Bertz CT molecular complexity index is 728. The predicted octanol–water partition coefficient (Wildman–Crippen LogP) is 1.35. The minimum atomic E-state index is -3.75. The largest absolute Gasteiger partial charge is 0.478 e. The number of sulfonamides is 1. The van der Waals surface area contributed by atoms with E-state index in [0.29, 0.717) is 5.69 Å². The summed E-state index contributed by atoms with van der Waals surface area (Å²) < 4.78 is 26.8. The summed E-state index contributed by atoms with van der Waals surface area (Å²) in [4.78, 5) is 17.3. The van der Waals surface area contributed by atoms with Crippen LogP contribution in [0.5, 0.6) is 0 Å². The van der Waals surface area contributed by atoms with Crippen molar-refractivity contribution >= 4 is 31.9 Å². The summed E-state index contributed by atoms with van der Waals surface area (Å²) in [5.41, 5.74) is 0.622. The zero-order valence-electron chi connectivity index (χ0n) is 10.00. The van der Waals surface area contributed by atoms with Crippen LogP contribution in [-0.2, 0) is 16.6 Å². The Morgan fingerprint density at radius 1 is 1.45 bits per heavy atom. The number of carboxylic acid groups (broad SMARTS) is 1. The van der Waals surface area contributed by atoms with Gasteiger partial charge in [-0.15, -0.1) is 0 Å². The van der Waals surface area contributed by atoms with E-state index in [1.54, 1.807) is 0 Å². The lowest BCUT2D eigenvalue weighted by atomic mass is 10.2. The van der Waals surface area contributed by atoms with Crippen LogP contribution < -0.4 is 4.72 Å². The Balaban J connectivity index is 2.23. The monoisotopic (exact) mass is 359 g/mol. The molecule has 0 saturated carbocycles. The van der Waals surface area contributed by atoms with Crippen LogP contribution >= 0.6 is 15.9 Å². The van der Waals surface area contributed by atoms with Gasteiger partial charge in [0.25, 0.3) is 0 Å². The Hall–Kier alpha value is -1.71. The van der Waals surface area contributed by atoms with Crippen molar-refractivity contribution in [3.05, 3.63) is 46.5 Å². The number of carbonyl (C=O) groups is 1. The summed E-state index contributed by atoms with van der Waals surface area (Å²) in [5.74, 6) is -1.12. The molecule has 1 heterocycles. The number of nitrogens with zero attached hydrogens (tertiary/aromatic N) is 1. The van der Waals surface area contributed by atoms with Gasteiger partial charge >= 0.3 is 5.97 Å². The van der Waals surface area contributed by atoms with Gasteiger partial charge in [0.05, 0.1) is 23.3 Å². The molecule has 0 amide bonds. The number of aromatic nitrogens is 2. The molecule has 7 nitrogen and oxygen atoms in total. The maximum Gasteiger partial charge on any atom is 0.335 e. The highest BCUT2D eigenvalue weighted by atomic mass is 79.9. The molecule has 2 rings (SSSR count). The average Bonchev–Trinajstić information content (AvgIpc) is 2.89. The number of nitrogens with one attached hydrogen (secondary N) is 2. The molecule has 0 fully saturated rings. The molecule has 0 spiro atoms. The molecule has 20 heavy (non-hydrogen) atoms. The molecule has 3 N–H and O–H groups in total. The van der Waals surface area contributed by atoms with Crippen LogP contribution in [0.15, 0.2) is 40.1 Å². The third-order valence-corrected chi connectivity index (χ3v) is 4.85. The molecule has 0 saturated heterocycles. The highest BCUT2D eigenvalue weighted by Crippen LogP contribution is 2.23. The van der Waals surface area contributed by atoms with Crippen LogP contribution in [-0.4, -0.2) is 29.5 Å². The minimum absolute atomic E-state index is 0.00407. The van der Waals surface area contributed by atoms with Gasteiger partial charge in [0, 0.05) is 16.4 Å². The second-order valence-electron chi connectivity index (χ2n) is 3.85. The van der Waals surface area contributed by atoms with Gasteiger partial charge in [-0.05, 0) is 34.1 Å². The zero-order chi connectivity index (χ0) is 14.8. The molecule has 0 radical (unpaired) electrons. The molecular weight excluding hydrogens is 350 g/mol. The fourth-order valence-electron chi connectivity index (χ4n) is 1.48. The highest BCUT2D eigenvalue weighted by molar-refractivity contribution is 9.10. The number of aromatic amines is 1. The van der Waals surface area contributed by atoms with Crippen molar-refractivity contribution in [3.8, 4) is 0 Å². The van der Waals surface area contributed by atoms with Gasteiger partial charge in [0.15, 0.2) is 0 Å². The lowest BCUT2D eigenvalue weighted by Crippen LogP contribution is -2.23. The summed E-state index contributed by atoms with van der Waals surface area (Å²) in [5, 5.41) is 8.83. The molecule has 0 bridgehead atoms. The van der Waals surface area contributed by atoms with Crippen molar-refractivity contribution in [3.63, 3.8) is 0 Å². The molecule has 1 aromatic heterocycles. The van der Waals surface area contributed by atoms with Crippen LogP contribution in [0.2, 0.25) is 0 Å². The molecule has 9 heteroatoms. The maximum atomic E-state index is 12.1. The number of hydrogen-bond donors (Lipinski definition) is 3. The van der Waals surface area contributed by atoms with Crippen molar-refractivity contribution in [1.82, 2.24) is 14.7 Å². The van der Waals surface area contributed by atoms with E-state index in [1.165, 1.54) is 30.7 Å². The number of hydrogen-bond acceptors (Lipinski definition) is 4. The Labute approximate surface area is 123 Å². The smallest absolute Gasteiger partial charge is 0.335 e. The second-order valence-corrected chi connectivity index (χ2v) is 6.44. The Morgan fingerprint density at radius 2 is 2.20 bits per heavy atom. The summed E-state index contributed by atoms with van der Waals surface area (Å²) >= 11 is 3.07. The maximum absolute atomic E-state index is 12.1.